The summed E-state index contributed by atoms with van der Waals surface area (Å²) in [5.41, 5.74) is 5.43. The van der Waals surface area contributed by atoms with Crippen LogP contribution in [0.1, 0.15) is 62.6 Å². The quantitative estimate of drug-likeness (QED) is 0.765. The topological polar surface area (TPSA) is 24.9 Å². The van der Waals surface area contributed by atoms with Crippen LogP contribution in [0.5, 0.6) is 0 Å². The normalized spacial score (nSPS) is 19.6. The Morgan fingerprint density at radius 2 is 1.64 bits per heavy atom. The number of rotatable bonds is 2. The fourth-order valence-electron chi connectivity index (χ4n) is 4.17. The van der Waals surface area contributed by atoms with E-state index in [1.54, 1.807) is 0 Å². The van der Waals surface area contributed by atoms with E-state index >= 15 is 0 Å². The van der Waals surface area contributed by atoms with E-state index in [0.29, 0.717) is 6.04 Å². The van der Waals surface area contributed by atoms with Crippen LogP contribution in [0.3, 0.4) is 0 Å². The van der Waals surface area contributed by atoms with E-state index in [2.05, 4.69) is 29.6 Å². The average molecular weight is 294 g/mol. The van der Waals surface area contributed by atoms with E-state index < -0.39 is 0 Å². The fraction of sp³-hybridized carbons (Fsp3) is 0.550. The maximum atomic E-state index is 4.95. The Morgan fingerprint density at radius 3 is 2.50 bits per heavy atom. The number of anilines is 1. The number of aromatic nitrogens is 1. The summed E-state index contributed by atoms with van der Waals surface area (Å²) in [6.07, 6.45) is 13.2. The van der Waals surface area contributed by atoms with Crippen molar-refractivity contribution in [2.45, 2.75) is 70.3 Å². The lowest BCUT2D eigenvalue weighted by atomic mass is 9.92. The number of nitrogens with one attached hydrogen (secondary N) is 1. The second-order valence-corrected chi connectivity index (χ2v) is 6.97. The largest absolute Gasteiger partial charge is 0.381 e. The van der Waals surface area contributed by atoms with Crippen molar-refractivity contribution >= 4 is 16.6 Å². The molecule has 0 spiro atoms. The molecule has 1 aromatic heterocycles. The van der Waals surface area contributed by atoms with Crippen molar-refractivity contribution in [3.05, 3.63) is 35.5 Å². The SMILES string of the molecule is c1ccc2c(NC3CCCCCC3)c3c(nc2c1)CCCC3. The first-order valence-corrected chi connectivity index (χ1v) is 9.09. The highest BCUT2D eigenvalue weighted by molar-refractivity contribution is 5.93. The molecule has 0 saturated heterocycles. The van der Waals surface area contributed by atoms with Crippen LogP contribution in [0.4, 0.5) is 5.69 Å². The second kappa shape index (κ2) is 6.28. The number of aryl methyl sites for hydroxylation is 1. The van der Waals surface area contributed by atoms with Crippen LogP contribution in [-0.4, -0.2) is 11.0 Å². The van der Waals surface area contributed by atoms with Gasteiger partial charge in [0, 0.05) is 22.8 Å². The highest BCUT2D eigenvalue weighted by Gasteiger charge is 2.20. The van der Waals surface area contributed by atoms with Gasteiger partial charge in [0.15, 0.2) is 0 Å². The first kappa shape index (κ1) is 14.0. The molecular formula is C20H26N2. The summed E-state index contributed by atoms with van der Waals surface area (Å²) >= 11 is 0. The minimum Gasteiger partial charge on any atom is -0.381 e. The van der Waals surface area contributed by atoms with Gasteiger partial charge >= 0.3 is 0 Å². The van der Waals surface area contributed by atoms with Crippen molar-refractivity contribution < 1.29 is 0 Å². The third-order valence-electron chi connectivity index (χ3n) is 5.37. The molecule has 0 unspecified atom stereocenters. The summed E-state index contributed by atoms with van der Waals surface area (Å²) < 4.78 is 0. The molecule has 0 aliphatic heterocycles. The van der Waals surface area contributed by atoms with Gasteiger partial charge in [0.2, 0.25) is 0 Å². The molecule has 0 atom stereocenters. The Kier molecular flexibility index (Phi) is 4.01. The van der Waals surface area contributed by atoms with Gasteiger partial charge in [-0.05, 0) is 50.2 Å². The Labute approximate surface area is 133 Å². The lowest BCUT2D eigenvalue weighted by molar-refractivity contribution is 0.616. The molecule has 116 valence electrons. The van der Waals surface area contributed by atoms with E-state index in [9.17, 15) is 0 Å². The van der Waals surface area contributed by atoms with Crippen molar-refractivity contribution in [3.8, 4) is 0 Å². The van der Waals surface area contributed by atoms with Crippen LogP contribution in [0.25, 0.3) is 10.9 Å². The van der Waals surface area contributed by atoms with E-state index in [4.69, 9.17) is 4.98 Å². The summed E-state index contributed by atoms with van der Waals surface area (Å²) in [6.45, 7) is 0. The van der Waals surface area contributed by atoms with Crippen LogP contribution in [0.2, 0.25) is 0 Å². The number of hydrogen-bond donors (Lipinski definition) is 1. The first-order chi connectivity index (χ1) is 10.9. The fourth-order valence-corrected chi connectivity index (χ4v) is 4.17. The lowest BCUT2D eigenvalue weighted by Crippen LogP contribution is -2.21. The molecule has 1 aromatic carbocycles. The maximum absolute atomic E-state index is 4.95. The Hall–Kier alpha value is -1.57. The zero-order valence-electron chi connectivity index (χ0n) is 13.4. The van der Waals surface area contributed by atoms with Crippen LogP contribution in [0, 0.1) is 0 Å². The van der Waals surface area contributed by atoms with E-state index in [-0.39, 0.29) is 0 Å². The molecule has 1 fully saturated rings. The highest BCUT2D eigenvalue weighted by atomic mass is 14.9. The number of fused-ring (bicyclic) bond motifs is 2. The van der Waals surface area contributed by atoms with Crippen molar-refractivity contribution in [3.63, 3.8) is 0 Å². The highest BCUT2D eigenvalue weighted by Crippen LogP contribution is 2.34. The van der Waals surface area contributed by atoms with E-state index in [1.165, 1.54) is 85.6 Å². The van der Waals surface area contributed by atoms with Crippen LogP contribution in [-0.2, 0) is 12.8 Å². The number of pyridine rings is 1. The van der Waals surface area contributed by atoms with Gasteiger partial charge in [0.25, 0.3) is 0 Å². The number of nitrogens with zero attached hydrogens (tertiary/aromatic N) is 1. The van der Waals surface area contributed by atoms with Gasteiger partial charge in [-0.1, -0.05) is 43.9 Å². The monoisotopic (exact) mass is 294 g/mol. The zero-order chi connectivity index (χ0) is 14.8. The lowest BCUT2D eigenvalue weighted by Gasteiger charge is -2.25. The van der Waals surface area contributed by atoms with E-state index in [0.717, 1.165) is 6.42 Å². The van der Waals surface area contributed by atoms with Gasteiger partial charge in [-0.3, -0.25) is 4.98 Å². The molecule has 1 heterocycles. The standard InChI is InChI=1S/C20H26N2/c1-2-4-10-15(9-3-1)21-20-16-11-5-7-13-18(16)22-19-14-8-6-12-17(19)20/h5,7,11,13,15H,1-4,6,8-10,12,14H2,(H,21,22). The number of para-hydroxylation sites is 1. The summed E-state index contributed by atoms with van der Waals surface area (Å²) in [6, 6.07) is 9.33. The van der Waals surface area contributed by atoms with Crippen LogP contribution in [0.15, 0.2) is 24.3 Å². The molecule has 1 N–H and O–H groups in total. The molecule has 2 aliphatic rings. The molecule has 2 aromatic rings. The minimum absolute atomic E-state index is 0.652. The average Bonchev–Trinajstić information content (AvgIpc) is 2.83. The predicted molar refractivity (Wildman–Crippen MR) is 93.5 cm³/mol. The van der Waals surface area contributed by atoms with Crippen LogP contribution >= 0.6 is 0 Å². The smallest absolute Gasteiger partial charge is 0.0726 e. The molecule has 2 aliphatic carbocycles. The molecule has 2 nitrogen and oxygen atoms in total. The van der Waals surface area contributed by atoms with Crippen molar-refractivity contribution in [2.24, 2.45) is 0 Å². The predicted octanol–water partition coefficient (Wildman–Crippen LogP) is 5.25. The Morgan fingerprint density at radius 1 is 0.864 bits per heavy atom. The summed E-state index contributed by atoms with van der Waals surface area (Å²) in [5, 5.41) is 5.28. The Bertz CT molecular complexity index is 654. The summed E-state index contributed by atoms with van der Waals surface area (Å²) in [4.78, 5) is 4.95. The van der Waals surface area contributed by atoms with Gasteiger partial charge in [-0.25, -0.2) is 0 Å². The molecule has 0 bridgehead atoms. The number of hydrogen-bond acceptors (Lipinski definition) is 2. The Balaban J connectivity index is 1.76. The van der Waals surface area contributed by atoms with Gasteiger partial charge in [-0.15, -0.1) is 0 Å². The van der Waals surface area contributed by atoms with E-state index in [1.807, 2.05) is 0 Å². The molecule has 0 radical (unpaired) electrons. The molecule has 1 saturated carbocycles. The van der Waals surface area contributed by atoms with Crippen molar-refractivity contribution in [1.82, 2.24) is 4.98 Å². The zero-order valence-corrected chi connectivity index (χ0v) is 13.4. The van der Waals surface area contributed by atoms with Gasteiger partial charge < -0.3 is 5.32 Å². The van der Waals surface area contributed by atoms with Gasteiger partial charge in [0.1, 0.15) is 0 Å². The molecule has 22 heavy (non-hydrogen) atoms. The molecule has 0 amide bonds. The summed E-state index contributed by atoms with van der Waals surface area (Å²) in [5.74, 6) is 0. The minimum atomic E-state index is 0.652. The van der Waals surface area contributed by atoms with Crippen molar-refractivity contribution in [1.29, 1.82) is 0 Å². The third-order valence-corrected chi connectivity index (χ3v) is 5.37. The third kappa shape index (κ3) is 2.71. The van der Waals surface area contributed by atoms with Gasteiger partial charge in [-0.2, -0.15) is 0 Å². The van der Waals surface area contributed by atoms with Gasteiger partial charge in [0.05, 0.1) is 5.52 Å². The second-order valence-electron chi connectivity index (χ2n) is 6.97. The number of benzene rings is 1. The summed E-state index contributed by atoms with van der Waals surface area (Å²) in [7, 11) is 0. The first-order valence-electron chi connectivity index (χ1n) is 9.09. The van der Waals surface area contributed by atoms with Crippen molar-refractivity contribution in [2.75, 3.05) is 5.32 Å². The maximum Gasteiger partial charge on any atom is 0.0726 e. The molecular weight excluding hydrogens is 268 g/mol. The van der Waals surface area contributed by atoms with Crippen LogP contribution < -0.4 is 5.32 Å². The molecule has 2 heteroatoms. The molecule has 4 rings (SSSR count).